The van der Waals surface area contributed by atoms with Gasteiger partial charge in [0.15, 0.2) is 0 Å². The van der Waals surface area contributed by atoms with Crippen molar-refractivity contribution in [2.24, 2.45) is 0 Å². The zero-order chi connectivity index (χ0) is 21.1. The first-order valence-electron chi connectivity index (χ1n) is 8.62. The zero-order valence-electron chi connectivity index (χ0n) is 15.2. The van der Waals surface area contributed by atoms with Gasteiger partial charge in [-0.25, -0.2) is 18.0 Å². The van der Waals surface area contributed by atoms with Crippen molar-refractivity contribution in [3.63, 3.8) is 0 Å². The molecule has 0 aromatic heterocycles. The molecule has 0 aliphatic carbocycles. The Morgan fingerprint density at radius 1 is 1.07 bits per heavy atom. The minimum absolute atomic E-state index is 0.104. The molecule has 3 rings (SSSR count). The van der Waals surface area contributed by atoms with Crippen LogP contribution in [0.2, 0.25) is 0 Å². The third-order valence-corrected chi connectivity index (χ3v) is 4.51. The first kappa shape index (κ1) is 20.2. The molecular formula is C19H17F3N4O3. The Labute approximate surface area is 163 Å². The van der Waals surface area contributed by atoms with Gasteiger partial charge in [0.25, 0.3) is 5.91 Å². The molecule has 10 heteroatoms. The van der Waals surface area contributed by atoms with Gasteiger partial charge in [-0.05, 0) is 36.4 Å². The summed E-state index contributed by atoms with van der Waals surface area (Å²) in [5, 5.41) is 9.51. The highest BCUT2D eigenvalue weighted by atomic mass is 19.1. The molecule has 1 fully saturated rings. The Morgan fingerprint density at radius 2 is 1.69 bits per heavy atom. The number of hydrogen-bond donors (Lipinski definition) is 4. The molecule has 0 unspecified atom stereocenters. The monoisotopic (exact) mass is 406 g/mol. The number of halogens is 3. The second kappa shape index (κ2) is 8.21. The van der Waals surface area contributed by atoms with E-state index in [1.807, 2.05) is 0 Å². The Morgan fingerprint density at radius 3 is 2.28 bits per heavy atom. The van der Waals surface area contributed by atoms with Crippen molar-refractivity contribution in [1.82, 2.24) is 16.0 Å². The van der Waals surface area contributed by atoms with Crippen molar-refractivity contribution >= 4 is 23.5 Å². The van der Waals surface area contributed by atoms with Crippen LogP contribution in [0.25, 0.3) is 0 Å². The van der Waals surface area contributed by atoms with E-state index >= 15 is 0 Å². The molecule has 0 bridgehead atoms. The van der Waals surface area contributed by atoms with Gasteiger partial charge in [0.2, 0.25) is 5.91 Å². The summed E-state index contributed by atoms with van der Waals surface area (Å²) in [4.78, 5) is 35.9. The fourth-order valence-electron chi connectivity index (χ4n) is 3.11. The molecule has 7 nitrogen and oxygen atoms in total. The number of carbonyl (C=O) groups is 3. The predicted molar refractivity (Wildman–Crippen MR) is 97.8 cm³/mol. The molecule has 0 radical (unpaired) electrons. The SMILES string of the molecule is CNC(=O)c1cc(F)c([C@@H]2CNC(=O)[C@H]2NC(=O)Nc2ccc(F)cc2)c(F)c1. The maximum absolute atomic E-state index is 14.6. The molecule has 2 atom stereocenters. The number of rotatable bonds is 4. The molecule has 4 amide bonds. The number of benzene rings is 2. The average molecular weight is 406 g/mol. The van der Waals surface area contributed by atoms with E-state index < -0.39 is 52.8 Å². The first-order valence-corrected chi connectivity index (χ1v) is 8.62. The van der Waals surface area contributed by atoms with Crippen LogP contribution in [-0.2, 0) is 4.79 Å². The van der Waals surface area contributed by atoms with Crippen LogP contribution in [0.1, 0.15) is 21.8 Å². The van der Waals surface area contributed by atoms with Gasteiger partial charge in [0.1, 0.15) is 23.5 Å². The minimum atomic E-state index is -1.25. The van der Waals surface area contributed by atoms with Gasteiger partial charge < -0.3 is 21.3 Å². The van der Waals surface area contributed by atoms with Crippen LogP contribution in [0.5, 0.6) is 0 Å². The number of hydrogen-bond acceptors (Lipinski definition) is 3. The topological polar surface area (TPSA) is 99.3 Å². The van der Waals surface area contributed by atoms with Crippen LogP contribution in [0.3, 0.4) is 0 Å². The van der Waals surface area contributed by atoms with E-state index in [9.17, 15) is 27.6 Å². The summed E-state index contributed by atoms with van der Waals surface area (Å²) >= 11 is 0. The van der Waals surface area contributed by atoms with Crippen molar-refractivity contribution in [1.29, 1.82) is 0 Å². The van der Waals surface area contributed by atoms with Gasteiger partial charge in [-0.2, -0.15) is 0 Å². The Kier molecular flexibility index (Phi) is 5.71. The van der Waals surface area contributed by atoms with Crippen LogP contribution in [0.15, 0.2) is 36.4 Å². The summed E-state index contributed by atoms with van der Waals surface area (Å²) in [7, 11) is 1.32. The van der Waals surface area contributed by atoms with Crippen molar-refractivity contribution in [3.05, 3.63) is 65.0 Å². The van der Waals surface area contributed by atoms with E-state index in [0.29, 0.717) is 0 Å². The van der Waals surface area contributed by atoms with Crippen LogP contribution in [-0.4, -0.2) is 37.5 Å². The third kappa shape index (κ3) is 4.31. The molecule has 1 saturated heterocycles. The van der Waals surface area contributed by atoms with E-state index in [2.05, 4.69) is 21.3 Å². The summed E-state index contributed by atoms with van der Waals surface area (Å²) < 4.78 is 42.1. The van der Waals surface area contributed by atoms with Crippen LogP contribution in [0, 0.1) is 17.5 Å². The molecule has 2 aromatic carbocycles. The van der Waals surface area contributed by atoms with Crippen molar-refractivity contribution < 1.29 is 27.6 Å². The molecule has 1 aliphatic rings. The smallest absolute Gasteiger partial charge is 0.319 e. The molecule has 1 aliphatic heterocycles. The van der Waals surface area contributed by atoms with E-state index in [0.717, 1.165) is 24.3 Å². The lowest BCUT2D eigenvalue weighted by atomic mass is 9.92. The van der Waals surface area contributed by atoms with Gasteiger partial charge in [-0.15, -0.1) is 0 Å². The second-order valence-electron chi connectivity index (χ2n) is 6.37. The summed E-state index contributed by atoms with van der Waals surface area (Å²) in [5.41, 5.74) is -0.351. The summed E-state index contributed by atoms with van der Waals surface area (Å²) in [5.74, 6) is -4.80. The molecular weight excluding hydrogens is 389 g/mol. The number of nitrogens with one attached hydrogen (secondary N) is 4. The summed E-state index contributed by atoms with van der Waals surface area (Å²) in [6, 6.07) is 4.61. The average Bonchev–Trinajstić information content (AvgIpc) is 3.02. The first-order chi connectivity index (χ1) is 13.8. The Hall–Kier alpha value is -3.56. The molecule has 2 aromatic rings. The van der Waals surface area contributed by atoms with Gasteiger partial charge in [0.05, 0.1) is 0 Å². The second-order valence-corrected chi connectivity index (χ2v) is 6.37. The largest absolute Gasteiger partial charge is 0.355 e. The van der Waals surface area contributed by atoms with Crippen molar-refractivity contribution in [2.45, 2.75) is 12.0 Å². The lowest BCUT2D eigenvalue weighted by Crippen LogP contribution is -2.45. The highest BCUT2D eigenvalue weighted by molar-refractivity contribution is 5.96. The summed E-state index contributed by atoms with van der Waals surface area (Å²) in [6.07, 6.45) is 0. The van der Waals surface area contributed by atoms with Gasteiger partial charge in [0, 0.05) is 36.3 Å². The predicted octanol–water partition coefficient (Wildman–Crippen LogP) is 1.87. The van der Waals surface area contributed by atoms with E-state index in [4.69, 9.17) is 0 Å². The lowest BCUT2D eigenvalue weighted by molar-refractivity contribution is -0.120. The van der Waals surface area contributed by atoms with Crippen LogP contribution < -0.4 is 21.3 Å². The Bertz CT molecular complexity index is 943. The van der Waals surface area contributed by atoms with E-state index in [-0.39, 0.29) is 17.8 Å². The van der Waals surface area contributed by atoms with Gasteiger partial charge in [-0.1, -0.05) is 0 Å². The van der Waals surface area contributed by atoms with E-state index in [1.54, 1.807) is 0 Å². The fraction of sp³-hybridized carbons (Fsp3) is 0.211. The zero-order valence-corrected chi connectivity index (χ0v) is 15.2. The quantitative estimate of drug-likeness (QED) is 0.624. The maximum Gasteiger partial charge on any atom is 0.319 e. The number of carbonyl (C=O) groups excluding carboxylic acids is 3. The van der Waals surface area contributed by atoms with Crippen LogP contribution >= 0.6 is 0 Å². The fourth-order valence-corrected chi connectivity index (χ4v) is 3.11. The molecule has 0 saturated carbocycles. The highest BCUT2D eigenvalue weighted by Gasteiger charge is 2.40. The standard InChI is InChI=1S/C19H17F3N4O3/c1-23-17(27)9-6-13(21)15(14(22)7-9)12-8-24-18(28)16(12)26-19(29)25-11-4-2-10(20)3-5-11/h2-7,12,16H,8H2,1H3,(H,23,27)(H,24,28)(H2,25,26,29)/t12-,16-/m0/s1. The van der Waals surface area contributed by atoms with Gasteiger partial charge >= 0.3 is 6.03 Å². The van der Waals surface area contributed by atoms with Crippen molar-refractivity contribution in [3.8, 4) is 0 Å². The number of amides is 4. The number of anilines is 1. The van der Waals surface area contributed by atoms with Crippen molar-refractivity contribution in [2.75, 3.05) is 18.9 Å². The number of urea groups is 1. The minimum Gasteiger partial charge on any atom is -0.355 e. The highest BCUT2D eigenvalue weighted by Crippen LogP contribution is 2.29. The van der Waals surface area contributed by atoms with Gasteiger partial charge in [-0.3, -0.25) is 9.59 Å². The molecule has 152 valence electrons. The third-order valence-electron chi connectivity index (χ3n) is 4.51. The Balaban J connectivity index is 1.81. The summed E-state index contributed by atoms with van der Waals surface area (Å²) in [6.45, 7) is -0.104. The van der Waals surface area contributed by atoms with E-state index in [1.165, 1.54) is 19.2 Å². The molecule has 1 heterocycles. The molecule has 29 heavy (non-hydrogen) atoms. The molecule has 4 N–H and O–H groups in total. The maximum atomic E-state index is 14.6. The van der Waals surface area contributed by atoms with Crippen LogP contribution in [0.4, 0.5) is 23.7 Å². The normalized spacial score (nSPS) is 18.1. The molecule has 0 spiro atoms. The lowest BCUT2D eigenvalue weighted by Gasteiger charge is -2.20.